The lowest BCUT2D eigenvalue weighted by Gasteiger charge is -2.18. The van der Waals surface area contributed by atoms with E-state index in [0.29, 0.717) is 11.4 Å². The molecule has 8 heteroatoms. The van der Waals surface area contributed by atoms with E-state index in [2.05, 4.69) is 15.3 Å². The molecule has 0 radical (unpaired) electrons. The molecule has 2 rings (SSSR count). The van der Waals surface area contributed by atoms with E-state index in [1.165, 1.54) is 0 Å². The molecule has 2 aromatic rings. The number of carbonyl (C=O) groups excluding carboxylic acids is 1. The van der Waals surface area contributed by atoms with Gasteiger partial charge >= 0.3 is 5.97 Å². The van der Waals surface area contributed by atoms with E-state index < -0.39 is 22.7 Å². The van der Waals surface area contributed by atoms with Gasteiger partial charge in [-0.05, 0) is 38.5 Å². The van der Waals surface area contributed by atoms with Gasteiger partial charge in [-0.3, -0.25) is 9.00 Å². The molecule has 0 fully saturated rings. The molecule has 1 aromatic carbocycles. The maximum Gasteiger partial charge on any atom is 0.356 e. The SMILES string of the molecule is CC(C)(C)S(=O)Cc1cccc(NC(=O)c2cnc(C(=O)O)cn2)c1. The van der Waals surface area contributed by atoms with Crippen LogP contribution >= 0.6 is 0 Å². The Bertz CT molecular complexity index is 813. The third-order valence-electron chi connectivity index (χ3n) is 3.27. The lowest BCUT2D eigenvalue weighted by Crippen LogP contribution is -2.23. The molecule has 1 amide bonds. The van der Waals surface area contributed by atoms with Gasteiger partial charge in [0.15, 0.2) is 5.69 Å². The summed E-state index contributed by atoms with van der Waals surface area (Å²) in [5, 5.41) is 11.5. The summed E-state index contributed by atoms with van der Waals surface area (Å²) in [5.41, 5.74) is 1.16. The van der Waals surface area contributed by atoms with Gasteiger partial charge in [-0.15, -0.1) is 0 Å². The number of aromatic nitrogens is 2. The lowest BCUT2D eigenvalue weighted by molar-refractivity contribution is 0.0689. The maximum atomic E-state index is 12.2. The third kappa shape index (κ3) is 5.18. The number of amides is 1. The van der Waals surface area contributed by atoms with Crippen LogP contribution in [0.1, 0.15) is 47.3 Å². The summed E-state index contributed by atoms with van der Waals surface area (Å²) in [4.78, 5) is 30.4. The van der Waals surface area contributed by atoms with Crippen LogP contribution in [0.15, 0.2) is 36.7 Å². The van der Waals surface area contributed by atoms with E-state index >= 15 is 0 Å². The molecule has 132 valence electrons. The minimum absolute atomic E-state index is 0.00803. The summed E-state index contributed by atoms with van der Waals surface area (Å²) in [7, 11) is -1.04. The molecule has 0 aliphatic carbocycles. The maximum absolute atomic E-state index is 12.2. The average Bonchev–Trinajstić information content (AvgIpc) is 2.54. The molecule has 0 aliphatic heterocycles. The van der Waals surface area contributed by atoms with Crippen molar-refractivity contribution >= 4 is 28.4 Å². The second-order valence-electron chi connectivity index (χ2n) is 6.35. The molecule has 1 unspecified atom stereocenters. The van der Waals surface area contributed by atoms with Crippen molar-refractivity contribution in [2.24, 2.45) is 0 Å². The molecule has 7 nitrogen and oxygen atoms in total. The molecule has 1 aromatic heterocycles. The highest BCUT2D eigenvalue weighted by atomic mass is 32.2. The number of rotatable bonds is 5. The van der Waals surface area contributed by atoms with Crippen molar-refractivity contribution in [3.05, 3.63) is 53.6 Å². The predicted octanol–water partition coefficient (Wildman–Crippen LogP) is 2.47. The second kappa shape index (κ2) is 7.52. The van der Waals surface area contributed by atoms with E-state index in [0.717, 1.165) is 18.0 Å². The Morgan fingerprint density at radius 1 is 1.16 bits per heavy atom. The number of anilines is 1. The van der Waals surface area contributed by atoms with E-state index in [9.17, 15) is 13.8 Å². The van der Waals surface area contributed by atoms with Crippen molar-refractivity contribution in [3.63, 3.8) is 0 Å². The molecule has 0 aliphatic rings. The molecule has 0 saturated carbocycles. The van der Waals surface area contributed by atoms with Crippen molar-refractivity contribution in [2.75, 3.05) is 5.32 Å². The van der Waals surface area contributed by atoms with Gasteiger partial charge in [0.05, 0.1) is 12.4 Å². The number of hydrogen-bond acceptors (Lipinski definition) is 5. The molecule has 0 saturated heterocycles. The number of hydrogen-bond donors (Lipinski definition) is 2. The first kappa shape index (κ1) is 18.7. The number of aromatic carboxylic acids is 1. The number of carboxylic acids is 1. The summed E-state index contributed by atoms with van der Waals surface area (Å²) in [6, 6.07) is 7.08. The van der Waals surface area contributed by atoms with Crippen LogP contribution in [0.25, 0.3) is 0 Å². The fourth-order valence-corrected chi connectivity index (χ4v) is 2.77. The molecular weight excluding hydrogens is 342 g/mol. The Balaban J connectivity index is 2.09. The van der Waals surface area contributed by atoms with Crippen molar-refractivity contribution in [1.82, 2.24) is 9.97 Å². The quantitative estimate of drug-likeness (QED) is 0.847. The summed E-state index contributed by atoms with van der Waals surface area (Å²) in [6.45, 7) is 5.73. The van der Waals surface area contributed by atoms with Crippen LogP contribution in [0.2, 0.25) is 0 Å². The van der Waals surface area contributed by atoms with Crippen LogP contribution in [0.4, 0.5) is 5.69 Å². The summed E-state index contributed by atoms with van der Waals surface area (Å²) in [6.07, 6.45) is 2.14. The zero-order chi connectivity index (χ0) is 18.6. The number of carboxylic acid groups (broad SMARTS) is 1. The molecular formula is C17H19N3O4S. The zero-order valence-electron chi connectivity index (χ0n) is 14.1. The monoisotopic (exact) mass is 361 g/mol. The molecule has 25 heavy (non-hydrogen) atoms. The minimum atomic E-state index is -1.21. The van der Waals surface area contributed by atoms with Crippen LogP contribution in [0.5, 0.6) is 0 Å². The van der Waals surface area contributed by atoms with Crippen molar-refractivity contribution in [1.29, 1.82) is 0 Å². The fraction of sp³-hybridized carbons (Fsp3) is 0.294. The molecule has 1 heterocycles. The Morgan fingerprint density at radius 2 is 1.80 bits per heavy atom. The van der Waals surface area contributed by atoms with E-state index in [1.54, 1.807) is 18.2 Å². The van der Waals surface area contributed by atoms with Crippen LogP contribution in [-0.4, -0.2) is 35.9 Å². The number of nitrogens with one attached hydrogen (secondary N) is 1. The fourth-order valence-electron chi connectivity index (χ4n) is 1.86. The van der Waals surface area contributed by atoms with Gasteiger partial charge in [0, 0.05) is 27.0 Å². The molecule has 2 N–H and O–H groups in total. The zero-order valence-corrected chi connectivity index (χ0v) is 15.0. The second-order valence-corrected chi connectivity index (χ2v) is 8.55. The van der Waals surface area contributed by atoms with Gasteiger partial charge in [-0.2, -0.15) is 0 Å². The lowest BCUT2D eigenvalue weighted by atomic mass is 10.2. The summed E-state index contributed by atoms with van der Waals surface area (Å²) >= 11 is 0. The Labute approximate surface area is 148 Å². The Morgan fingerprint density at radius 3 is 2.36 bits per heavy atom. The first-order valence-corrected chi connectivity index (χ1v) is 8.83. The van der Waals surface area contributed by atoms with Gasteiger partial charge in [0.1, 0.15) is 5.69 Å². The normalized spacial score (nSPS) is 12.4. The topological polar surface area (TPSA) is 109 Å². The van der Waals surface area contributed by atoms with Crippen LogP contribution in [0, 0.1) is 0 Å². The van der Waals surface area contributed by atoms with E-state index in [4.69, 9.17) is 5.11 Å². The third-order valence-corrected chi connectivity index (χ3v) is 5.23. The number of benzene rings is 1. The largest absolute Gasteiger partial charge is 0.476 e. The highest BCUT2D eigenvalue weighted by Crippen LogP contribution is 2.19. The van der Waals surface area contributed by atoms with E-state index in [-0.39, 0.29) is 16.1 Å². The first-order valence-electron chi connectivity index (χ1n) is 7.51. The van der Waals surface area contributed by atoms with Crippen molar-refractivity contribution in [3.8, 4) is 0 Å². The van der Waals surface area contributed by atoms with Gasteiger partial charge in [-0.25, -0.2) is 14.8 Å². The van der Waals surface area contributed by atoms with Crippen molar-refractivity contribution in [2.45, 2.75) is 31.3 Å². The van der Waals surface area contributed by atoms with Crippen molar-refractivity contribution < 1.29 is 18.9 Å². The molecule has 1 atom stereocenters. The Hall–Kier alpha value is -2.61. The van der Waals surface area contributed by atoms with Gasteiger partial charge in [-0.1, -0.05) is 12.1 Å². The highest BCUT2D eigenvalue weighted by Gasteiger charge is 2.19. The predicted molar refractivity (Wildman–Crippen MR) is 95.0 cm³/mol. The minimum Gasteiger partial charge on any atom is -0.476 e. The molecule has 0 bridgehead atoms. The standard InChI is InChI=1S/C17H19N3O4S/c1-17(2,3)25(24)10-11-5-4-6-12(7-11)20-15(21)13-8-19-14(9-18-13)16(22)23/h4-9H,10H2,1-3H3,(H,20,21)(H,22,23). The summed E-state index contributed by atoms with van der Waals surface area (Å²) in [5.74, 6) is -1.32. The van der Waals surface area contributed by atoms with Gasteiger partial charge in [0.2, 0.25) is 0 Å². The Kier molecular flexibility index (Phi) is 5.63. The number of nitrogens with zero attached hydrogens (tertiary/aromatic N) is 2. The van der Waals surface area contributed by atoms with Crippen LogP contribution in [-0.2, 0) is 16.6 Å². The molecule has 0 spiro atoms. The summed E-state index contributed by atoms with van der Waals surface area (Å²) < 4.78 is 11.9. The van der Waals surface area contributed by atoms with Gasteiger partial charge in [0.25, 0.3) is 5.91 Å². The smallest absolute Gasteiger partial charge is 0.356 e. The van der Waals surface area contributed by atoms with Crippen LogP contribution in [0.3, 0.4) is 0 Å². The van der Waals surface area contributed by atoms with Gasteiger partial charge < -0.3 is 10.4 Å². The first-order chi connectivity index (χ1) is 11.7. The highest BCUT2D eigenvalue weighted by molar-refractivity contribution is 7.85. The van der Waals surface area contributed by atoms with Crippen LogP contribution < -0.4 is 5.32 Å². The average molecular weight is 361 g/mol. The van der Waals surface area contributed by atoms with E-state index in [1.807, 2.05) is 26.8 Å². The number of carbonyl (C=O) groups is 2.